The molecule has 0 saturated carbocycles. The van der Waals surface area contributed by atoms with E-state index in [0.29, 0.717) is 52.5 Å². The van der Waals surface area contributed by atoms with E-state index in [1.165, 1.54) is 0 Å². The van der Waals surface area contributed by atoms with Crippen molar-refractivity contribution in [3.8, 4) is 0 Å². The van der Waals surface area contributed by atoms with Crippen LogP contribution in [-0.2, 0) is 14.3 Å². The average Bonchev–Trinajstić information content (AvgIpc) is 2.94. The van der Waals surface area contributed by atoms with Crippen molar-refractivity contribution >= 4 is 17.8 Å². The van der Waals surface area contributed by atoms with Gasteiger partial charge >= 0.3 is 6.03 Å². The van der Waals surface area contributed by atoms with Gasteiger partial charge in [-0.3, -0.25) is 9.59 Å². The van der Waals surface area contributed by atoms with E-state index in [1.807, 2.05) is 4.90 Å². The first-order chi connectivity index (χ1) is 11.6. The number of ether oxygens (including phenoxy) is 1. The summed E-state index contributed by atoms with van der Waals surface area (Å²) in [4.78, 5) is 43.8. The number of likely N-dealkylation sites (N-methyl/N-ethyl adjacent to an activating group) is 1. The molecule has 0 aromatic rings. The number of urea groups is 1. The number of hydrogen-bond donors (Lipinski definition) is 0. The van der Waals surface area contributed by atoms with Gasteiger partial charge in [-0.25, -0.2) is 4.79 Å². The largest absolute Gasteiger partial charge is 0.378 e. The number of amides is 4. The number of nitrogens with zero attached hydrogens (tertiary/aromatic N) is 4. The van der Waals surface area contributed by atoms with E-state index in [-0.39, 0.29) is 30.3 Å². The Morgan fingerprint density at radius 3 is 2.50 bits per heavy atom. The number of piperidine rings is 1. The summed E-state index contributed by atoms with van der Waals surface area (Å²) in [7, 11) is 1.74. The Hall–Kier alpha value is -1.83. The molecule has 0 bridgehead atoms. The quantitative estimate of drug-likeness (QED) is 0.692. The van der Waals surface area contributed by atoms with Crippen LogP contribution in [0.2, 0.25) is 0 Å². The van der Waals surface area contributed by atoms with Crippen LogP contribution >= 0.6 is 0 Å². The molecule has 0 aliphatic carbocycles. The standard InChI is InChI=1S/C16H26N4O4/c1-17-5-6-20(16(17)23)12-14(21)19-4-2-3-13(11-19)15(22)18-7-9-24-10-8-18/h13H,2-12H2,1H3/t13-/m0/s1. The lowest BCUT2D eigenvalue weighted by Crippen LogP contribution is -2.51. The minimum absolute atomic E-state index is 0.0573. The Kier molecular flexibility index (Phi) is 5.23. The smallest absolute Gasteiger partial charge is 0.320 e. The molecule has 4 amide bonds. The molecular weight excluding hydrogens is 312 g/mol. The Labute approximate surface area is 142 Å². The zero-order valence-electron chi connectivity index (χ0n) is 14.3. The summed E-state index contributed by atoms with van der Waals surface area (Å²) in [5, 5.41) is 0. The summed E-state index contributed by atoms with van der Waals surface area (Å²) in [6.45, 7) is 4.95. The van der Waals surface area contributed by atoms with Crippen LogP contribution in [0.1, 0.15) is 12.8 Å². The lowest BCUT2D eigenvalue weighted by atomic mass is 9.96. The topological polar surface area (TPSA) is 73.4 Å². The molecule has 0 aromatic heterocycles. The van der Waals surface area contributed by atoms with Crippen molar-refractivity contribution in [2.45, 2.75) is 12.8 Å². The van der Waals surface area contributed by atoms with Gasteiger partial charge in [-0.1, -0.05) is 0 Å². The highest BCUT2D eigenvalue weighted by Crippen LogP contribution is 2.20. The lowest BCUT2D eigenvalue weighted by molar-refractivity contribution is -0.144. The molecule has 0 unspecified atom stereocenters. The van der Waals surface area contributed by atoms with Crippen LogP contribution in [0.4, 0.5) is 4.79 Å². The van der Waals surface area contributed by atoms with Crippen LogP contribution in [0.15, 0.2) is 0 Å². The van der Waals surface area contributed by atoms with Crippen molar-refractivity contribution < 1.29 is 19.1 Å². The van der Waals surface area contributed by atoms with Crippen molar-refractivity contribution in [3.05, 3.63) is 0 Å². The monoisotopic (exact) mass is 338 g/mol. The summed E-state index contributed by atoms with van der Waals surface area (Å²) >= 11 is 0. The van der Waals surface area contributed by atoms with Crippen LogP contribution in [0.5, 0.6) is 0 Å². The predicted molar refractivity (Wildman–Crippen MR) is 86.3 cm³/mol. The van der Waals surface area contributed by atoms with Crippen LogP contribution < -0.4 is 0 Å². The number of morpholine rings is 1. The third kappa shape index (κ3) is 3.63. The zero-order valence-corrected chi connectivity index (χ0v) is 14.3. The van der Waals surface area contributed by atoms with Gasteiger partial charge in [0, 0.05) is 46.3 Å². The molecule has 3 rings (SSSR count). The van der Waals surface area contributed by atoms with E-state index in [4.69, 9.17) is 4.74 Å². The second kappa shape index (κ2) is 7.38. The summed E-state index contributed by atoms with van der Waals surface area (Å²) in [6, 6.07) is -0.0960. The Morgan fingerprint density at radius 1 is 1.08 bits per heavy atom. The number of hydrogen-bond acceptors (Lipinski definition) is 4. The lowest BCUT2D eigenvalue weighted by Gasteiger charge is -2.36. The number of rotatable bonds is 3. The third-order valence-electron chi connectivity index (χ3n) is 5.07. The SMILES string of the molecule is CN1CCN(CC(=O)N2CCC[C@H](C(=O)N3CCOCC3)C2)C1=O. The Morgan fingerprint density at radius 2 is 1.83 bits per heavy atom. The molecule has 0 spiro atoms. The number of carbonyl (C=O) groups is 3. The molecule has 0 radical (unpaired) electrons. The van der Waals surface area contributed by atoms with Crippen LogP contribution in [0, 0.1) is 5.92 Å². The maximum Gasteiger partial charge on any atom is 0.320 e. The Bertz CT molecular complexity index is 506. The molecule has 8 heteroatoms. The highest BCUT2D eigenvalue weighted by atomic mass is 16.5. The molecule has 3 aliphatic heterocycles. The predicted octanol–water partition coefficient (Wildman–Crippen LogP) is -0.549. The average molecular weight is 338 g/mol. The molecular formula is C16H26N4O4. The molecule has 3 saturated heterocycles. The van der Waals surface area contributed by atoms with Crippen molar-refractivity contribution in [1.29, 1.82) is 0 Å². The maximum atomic E-state index is 12.6. The van der Waals surface area contributed by atoms with Crippen molar-refractivity contribution in [1.82, 2.24) is 19.6 Å². The van der Waals surface area contributed by atoms with E-state index < -0.39 is 0 Å². The first-order valence-electron chi connectivity index (χ1n) is 8.70. The van der Waals surface area contributed by atoms with E-state index in [9.17, 15) is 14.4 Å². The third-order valence-corrected chi connectivity index (χ3v) is 5.07. The molecule has 8 nitrogen and oxygen atoms in total. The van der Waals surface area contributed by atoms with Crippen LogP contribution in [-0.4, -0.2) is 104 Å². The van der Waals surface area contributed by atoms with Crippen molar-refractivity contribution in [2.24, 2.45) is 5.92 Å². The minimum atomic E-state index is -0.127. The fourth-order valence-corrected chi connectivity index (χ4v) is 3.56. The van der Waals surface area contributed by atoms with Gasteiger partial charge in [0.05, 0.1) is 19.1 Å². The molecule has 24 heavy (non-hydrogen) atoms. The first kappa shape index (κ1) is 17.0. The van der Waals surface area contributed by atoms with Gasteiger partial charge < -0.3 is 24.3 Å². The highest BCUT2D eigenvalue weighted by Gasteiger charge is 2.34. The van der Waals surface area contributed by atoms with Crippen molar-refractivity contribution in [2.75, 3.05) is 66.1 Å². The fraction of sp³-hybridized carbons (Fsp3) is 0.812. The highest BCUT2D eigenvalue weighted by molar-refractivity contribution is 5.86. The molecule has 0 N–H and O–H groups in total. The van der Waals surface area contributed by atoms with Crippen LogP contribution in [0.25, 0.3) is 0 Å². The second-order valence-electron chi connectivity index (χ2n) is 6.74. The second-order valence-corrected chi connectivity index (χ2v) is 6.74. The molecule has 3 aliphatic rings. The van der Waals surface area contributed by atoms with E-state index in [2.05, 4.69) is 0 Å². The summed E-state index contributed by atoms with van der Waals surface area (Å²) < 4.78 is 5.29. The van der Waals surface area contributed by atoms with Gasteiger partial charge in [-0.2, -0.15) is 0 Å². The molecule has 134 valence electrons. The van der Waals surface area contributed by atoms with Crippen molar-refractivity contribution in [3.63, 3.8) is 0 Å². The van der Waals surface area contributed by atoms with Gasteiger partial charge in [0.15, 0.2) is 0 Å². The van der Waals surface area contributed by atoms with Gasteiger partial charge in [0.2, 0.25) is 11.8 Å². The van der Waals surface area contributed by atoms with E-state index in [0.717, 1.165) is 12.8 Å². The summed E-state index contributed by atoms with van der Waals surface area (Å²) in [5.41, 5.74) is 0. The van der Waals surface area contributed by atoms with Gasteiger partial charge in [-0.15, -0.1) is 0 Å². The summed E-state index contributed by atoms with van der Waals surface area (Å²) in [5.74, 6) is -0.0522. The summed E-state index contributed by atoms with van der Waals surface area (Å²) in [6.07, 6.45) is 1.66. The molecule has 3 fully saturated rings. The van der Waals surface area contributed by atoms with Gasteiger partial charge in [0.25, 0.3) is 0 Å². The Balaban J connectivity index is 1.53. The molecule has 1 atom stereocenters. The minimum Gasteiger partial charge on any atom is -0.378 e. The molecule has 0 aromatic carbocycles. The number of likely N-dealkylation sites (tertiary alicyclic amines) is 1. The van der Waals surface area contributed by atoms with Crippen LogP contribution in [0.3, 0.4) is 0 Å². The van der Waals surface area contributed by atoms with Gasteiger partial charge in [-0.05, 0) is 12.8 Å². The van der Waals surface area contributed by atoms with Gasteiger partial charge in [0.1, 0.15) is 6.54 Å². The fourth-order valence-electron chi connectivity index (χ4n) is 3.56. The zero-order chi connectivity index (χ0) is 17.1. The van der Waals surface area contributed by atoms with E-state index in [1.54, 1.807) is 21.7 Å². The normalized spacial score (nSPS) is 25.4. The number of carbonyl (C=O) groups excluding carboxylic acids is 3. The van der Waals surface area contributed by atoms with E-state index >= 15 is 0 Å². The molecule has 3 heterocycles. The first-order valence-corrected chi connectivity index (χ1v) is 8.70. The maximum absolute atomic E-state index is 12.6.